The maximum Gasteiger partial charge on any atom is 0.335 e. The second-order valence-corrected chi connectivity index (χ2v) is 6.71. The molecule has 19 heavy (non-hydrogen) atoms. The van der Waals surface area contributed by atoms with Crippen LogP contribution in [0.4, 0.5) is 5.69 Å². The number of anilines is 1. The van der Waals surface area contributed by atoms with Crippen LogP contribution in [0.5, 0.6) is 0 Å². The molecule has 0 radical (unpaired) electrons. The summed E-state index contributed by atoms with van der Waals surface area (Å²) in [6.45, 7) is 12.1. The Bertz CT molecular complexity index is 503. The lowest BCUT2D eigenvalue weighted by molar-refractivity contribution is 0.0697. The molecule has 0 atom stereocenters. The van der Waals surface area contributed by atoms with Crippen LogP contribution in [0, 0.1) is 23.7 Å². The largest absolute Gasteiger partial charge is 0.478 e. The topological polar surface area (TPSA) is 49.3 Å². The Morgan fingerprint density at radius 1 is 1.26 bits per heavy atom. The van der Waals surface area contributed by atoms with Crippen molar-refractivity contribution in [1.82, 2.24) is 0 Å². The summed E-state index contributed by atoms with van der Waals surface area (Å²) in [5.74, 6) is -0.224. The first kappa shape index (κ1) is 13.9. The number of nitrogens with one attached hydrogen (secondary N) is 1. The summed E-state index contributed by atoms with van der Waals surface area (Å²) in [7, 11) is 0. The molecule has 1 saturated carbocycles. The Hall–Kier alpha value is -1.51. The highest BCUT2D eigenvalue weighted by molar-refractivity contribution is 5.88. The summed E-state index contributed by atoms with van der Waals surface area (Å²) >= 11 is 0. The maximum atomic E-state index is 10.9. The van der Waals surface area contributed by atoms with Crippen molar-refractivity contribution >= 4 is 11.7 Å². The van der Waals surface area contributed by atoms with Gasteiger partial charge in [-0.25, -0.2) is 4.79 Å². The molecule has 1 aliphatic carbocycles. The highest BCUT2D eigenvalue weighted by Crippen LogP contribution is 2.68. The number of hydrogen-bond acceptors (Lipinski definition) is 2. The fourth-order valence-corrected chi connectivity index (χ4v) is 3.05. The molecule has 1 aromatic carbocycles. The van der Waals surface area contributed by atoms with E-state index in [1.807, 2.05) is 13.0 Å². The minimum absolute atomic E-state index is 0.343. The monoisotopic (exact) mass is 261 g/mol. The Balaban J connectivity index is 2.04. The predicted octanol–water partition coefficient (Wildman–Crippen LogP) is 3.79. The van der Waals surface area contributed by atoms with Crippen molar-refractivity contribution in [1.29, 1.82) is 0 Å². The van der Waals surface area contributed by atoms with Gasteiger partial charge in [0.1, 0.15) is 0 Å². The summed E-state index contributed by atoms with van der Waals surface area (Å²) in [6.07, 6.45) is 0. The van der Waals surface area contributed by atoms with Gasteiger partial charge in [0, 0.05) is 12.2 Å². The van der Waals surface area contributed by atoms with E-state index < -0.39 is 5.97 Å². The molecule has 1 aromatic rings. The van der Waals surface area contributed by atoms with Crippen molar-refractivity contribution in [2.45, 2.75) is 34.6 Å². The number of rotatable bonds is 4. The van der Waals surface area contributed by atoms with Gasteiger partial charge in [-0.2, -0.15) is 0 Å². The van der Waals surface area contributed by atoms with Crippen molar-refractivity contribution in [3.8, 4) is 0 Å². The molecule has 2 N–H and O–H groups in total. The Morgan fingerprint density at radius 2 is 1.84 bits per heavy atom. The maximum absolute atomic E-state index is 10.9. The van der Waals surface area contributed by atoms with E-state index in [-0.39, 0.29) is 0 Å². The van der Waals surface area contributed by atoms with E-state index >= 15 is 0 Å². The van der Waals surface area contributed by atoms with E-state index in [0.29, 0.717) is 22.3 Å². The lowest BCUT2D eigenvalue weighted by Crippen LogP contribution is -2.09. The van der Waals surface area contributed by atoms with E-state index in [1.54, 1.807) is 12.1 Å². The van der Waals surface area contributed by atoms with Crippen molar-refractivity contribution in [3.05, 3.63) is 29.3 Å². The standard InChI is InChI=1S/C16H23NO2/c1-10-8-11(14(18)19)6-7-12(10)17-9-13-15(2,3)16(13,4)5/h6-8,13,17H,9H2,1-5H3,(H,18,19). The van der Waals surface area contributed by atoms with Crippen LogP contribution in [0.15, 0.2) is 18.2 Å². The molecule has 3 nitrogen and oxygen atoms in total. The SMILES string of the molecule is Cc1cc(C(=O)O)ccc1NCC1C(C)(C)C1(C)C. The number of carboxylic acid groups (broad SMARTS) is 1. The fourth-order valence-electron chi connectivity index (χ4n) is 3.05. The molecule has 0 bridgehead atoms. The molecule has 1 fully saturated rings. The summed E-state index contributed by atoms with van der Waals surface area (Å²) in [5.41, 5.74) is 3.10. The van der Waals surface area contributed by atoms with Crippen molar-refractivity contribution in [2.75, 3.05) is 11.9 Å². The van der Waals surface area contributed by atoms with E-state index in [1.165, 1.54) is 0 Å². The molecular formula is C16H23NO2. The van der Waals surface area contributed by atoms with Gasteiger partial charge < -0.3 is 10.4 Å². The first-order valence-electron chi connectivity index (χ1n) is 6.75. The summed E-state index contributed by atoms with van der Waals surface area (Å²) in [4.78, 5) is 10.9. The van der Waals surface area contributed by atoms with Crippen LogP contribution in [0.1, 0.15) is 43.6 Å². The smallest absolute Gasteiger partial charge is 0.335 e. The molecule has 0 saturated heterocycles. The van der Waals surface area contributed by atoms with Crippen LogP contribution >= 0.6 is 0 Å². The first-order valence-corrected chi connectivity index (χ1v) is 6.75. The third-order valence-electron chi connectivity index (χ3n) is 5.29. The highest BCUT2D eigenvalue weighted by atomic mass is 16.4. The third-order valence-corrected chi connectivity index (χ3v) is 5.29. The molecular weight excluding hydrogens is 238 g/mol. The van der Waals surface area contributed by atoms with Gasteiger partial charge in [-0.05, 0) is 47.4 Å². The second-order valence-electron chi connectivity index (χ2n) is 6.71. The number of benzene rings is 1. The van der Waals surface area contributed by atoms with Gasteiger partial charge >= 0.3 is 5.97 Å². The molecule has 1 aliphatic rings. The molecule has 0 heterocycles. The van der Waals surface area contributed by atoms with Gasteiger partial charge in [-0.1, -0.05) is 27.7 Å². The van der Waals surface area contributed by atoms with Crippen LogP contribution in [0.3, 0.4) is 0 Å². The van der Waals surface area contributed by atoms with Gasteiger partial charge in [0.2, 0.25) is 0 Å². The zero-order valence-corrected chi connectivity index (χ0v) is 12.4. The van der Waals surface area contributed by atoms with Gasteiger partial charge in [0.25, 0.3) is 0 Å². The molecule has 104 valence electrons. The Morgan fingerprint density at radius 3 is 2.26 bits per heavy atom. The van der Waals surface area contributed by atoms with E-state index in [9.17, 15) is 4.79 Å². The lowest BCUT2D eigenvalue weighted by Gasteiger charge is -2.11. The minimum atomic E-state index is -0.876. The lowest BCUT2D eigenvalue weighted by atomic mass is 10.0. The summed E-state index contributed by atoms with van der Waals surface area (Å²) in [5, 5.41) is 12.4. The zero-order valence-electron chi connectivity index (χ0n) is 12.4. The normalized spacial score (nSPS) is 20.1. The molecule has 0 amide bonds. The van der Waals surface area contributed by atoms with E-state index in [2.05, 4.69) is 33.0 Å². The number of aromatic carboxylic acids is 1. The molecule has 2 rings (SSSR count). The average Bonchev–Trinajstić information content (AvgIpc) is 2.68. The number of carboxylic acids is 1. The van der Waals surface area contributed by atoms with Crippen LogP contribution in [-0.2, 0) is 0 Å². The number of hydrogen-bond donors (Lipinski definition) is 2. The minimum Gasteiger partial charge on any atom is -0.478 e. The molecule has 3 heteroatoms. The van der Waals surface area contributed by atoms with Gasteiger partial charge in [-0.15, -0.1) is 0 Å². The van der Waals surface area contributed by atoms with Crippen LogP contribution < -0.4 is 5.32 Å². The van der Waals surface area contributed by atoms with Crippen LogP contribution in [-0.4, -0.2) is 17.6 Å². The van der Waals surface area contributed by atoms with Gasteiger partial charge in [0.05, 0.1) is 5.56 Å². The quantitative estimate of drug-likeness (QED) is 0.867. The van der Waals surface area contributed by atoms with Crippen LogP contribution in [0.25, 0.3) is 0 Å². The molecule has 0 aromatic heterocycles. The number of aryl methyl sites for hydroxylation is 1. The van der Waals surface area contributed by atoms with Crippen molar-refractivity contribution in [2.24, 2.45) is 16.7 Å². The van der Waals surface area contributed by atoms with Crippen LogP contribution in [0.2, 0.25) is 0 Å². The van der Waals surface area contributed by atoms with Gasteiger partial charge in [-0.3, -0.25) is 0 Å². The predicted molar refractivity (Wildman–Crippen MR) is 77.7 cm³/mol. The van der Waals surface area contributed by atoms with Crippen molar-refractivity contribution in [3.63, 3.8) is 0 Å². The Labute approximate surface area is 115 Å². The second kappa shape index (κ2) is 4.26. The molecule has 0 unspecified atom stereocenters. The zero-order chi connectivity index (χ0) is 14.4. The molecule has 0 aliphatic heterocycles. The van der Waals surface area contributed by atoms with E-state index in [4.69, 9.17) is 5.11 Å². The van der Waals surface area contributed by atoms with E-state index in [0.717, 1.165) is 17.8 Å². The molecule has 0 spiro atoms. The average molecular weight is 261 g/mol. The van der Waals surface area contributed by atoms with Crippen molar-refractivity contribution < 1.29 is 9.90 Å². The highest BCUT2D eigenvalue weighted by Gasteiger charge is 2.63. The first-order chi connectivity index (χ1) is 8.68. The third kappa shape index (κ3) is 2.22. The fraction of sp³-hybridized carbons (Fsp3) is 0.562. The summed E-state index contributed by atoms with van der Waals surface area (Å²) < 4.78 is 0. The summed E-state index contributed by atoms with van der Waals surface area (Å²) in [6, 6.07) is 5.23. The Kier molecular flexibility index (Phi) is 3.12. The number of carbonyl (C=O) groups is 1. The van der Waals surface area contributed by atoms with Gasteiger partial charge in [0.15, 0.2) is 0 Å².